The SMILES string of the molecule is C[I-]CC(=O)OC(C)(C)C. The van der Waals surface area contributed by atoms with E-state index in [9.17, 15) is 4.79 Å². The van der Waals surface area contributed by atoms with Gasteiger partial charge >= 0.3 is 72.4 Å². The van der Waals surface area contributed by atoms with Crippen LogP contribution in [0.15, 0.2) is 0 Å². The third kappa shape index (κ3) is 6.32. The van der Waals surface area contributed by atoms with Gasteiger partial charge in [0, 0.05) is 0 Å². The van der Waals surface area contributed by atoms with Crippen molar-refractivity contribution in [3.63, 3.8) is 0 Å². The zero-order chi connectivity index (χ0) is 8.20. The third-order valence-electron chi connectivity index (χ3n) is 0.663. The van der Waals surface area contributed by atoms with Crippen LogP contribution < -0.4 is 21.2 Å². The Labute approximate surface area is 72.6 Å². The Morgan fingerprint density at radius 1 is 1.50 bits per heavy atom. The van der Waals surface area contributed by atoms with Crippen molar-refractivity contribution in [3.05, 3.63) is 0 Å². The Bertz CT molecular complexity index is 115. The van der Waals surface area contributed by atoms with Gasteiger partial charge in [-0.05, 0) is 0 Å². The molecule has 0 aromatic heterocycles. The number of esters is 1. The second kappa shape index (κ2) is 4.16. The molecule has 0 aliphatic heterocycles. The van der Waals surface area contributed by atoms with E-state index in [1.165, 1.54) is 0 Å². The van der Waals surface area contributed by atoms with Crippen LogP contribution in [-0.2, 0) is 9.53 Å². The van der Waals surface area contributed by atoms with E-state index in [1.54, 1.807) is 0 Å². The molecule has 3 heteroatoms. The Morgan fingerprint density at radius 3 is 2.30 bits per heavy atom. The van der Waals surface area contributed by atoms with Crippen LogP contribution in [0, 0.1) is 0 Å². The number of ether oxygens (including phenoxy) is 1. The number of rotatable bonds is 2. The van der Waals surface area contributed by atoms with Crippen LogP contribution in [0.2, 0.25) is 0 Å². The summed E-state index contributed by atoms with van der Waals surface area (Å²) in [7, 11) is 0. The average molecular weight is 257 g/mol. The van der Waals surface area contributed by atoms with Gasteiger partial charge in [0.05, 0.1) is 0 Å². The van der Waals surface area contributed by atoms with Crippen molar-refractivity contribution >= 4 is 5.97 Å². The van der Waals surface area contributed by atoms with E-state index in [0.29, 0.717) is 4.43 Å². The van der Waals surface area contributed by atoms with E-state index >= 15 is 0 Å². The van der Waals surface area contributed by atoms with Crippen molar-refractivity contribution in [2.45, 2.75) is 26.4 Å². The fourth-order valence-electron chi connectivity index (χ4n) is 0.478. The van der Waals surface area contributed by atoms with E-state index < -0.39 is 0 Å². The molecular weight excluding hydrogens is 243 g/mol. The molecule has 0 aromatic rings. The maximum absolute atomic E-state index is 10.9. The quantitative estimate of drug-likeness (QED) is 0.326. The molecule has 0 aliphatic carbocycles. The molecule has 0 amide bonds. The molecular formula is C7H14IO2-. The molecule has 0 aromatic carbocycles. The van der Waals surface area contributed by atoms with Gasteiger partial charge in [-0.1, -0.05) is 0 Å². The van der Waals surface area contributed by atoms with Gasteiger partial charge in [-0.15, -0.1) is 0 Å². The van der Waals surface area contributed by atoms with Gasteiger partial charge in [0.1, 0.15) is 0 Å². The van der Waals surface area contributed by atoms with Gasteiger partial charge in [0.15, 0.2) is 0 Å². The first-order valence-corrected chi connectivity index (χ1v) is 6.79. The van der Waals surface area contributed by atoms with Crippen molar-refractivity contribution in [1.29, 1.82) is 0 Å². The van der Waals surface area contributed by atoms with Crippen LogP contribution in [0.1, 0.15) is 20.8 Å². The second-order valence-electron chi connectivity index (χ2n) is 2.99. The van der Waals surface area contributed by atoms with E-state index in [2.05, 4.69) is 4.93 Å². The van der Waals surface area contributed by atoms with Gasteiger partial charge in [-0.2, -0.15) is 0 Å². The Balaban J connectivity index is 3.58. The molecule has 0 atom stereocenters. The van der Waals surface area contributed by atoms with E-state index in [-0.39, 0.29) is 32.8 Å². The molecule has 0 heterocycles. The standard InChI is InChI=1S/C7H14IO2/c1-7(2,3)10-6(9)5-8-4/h5H2,1-4H3/q-1. The number of hydrogen-bond donors (Lipinski definition) is 0. The zero-order valence-electron chi connectivity index (χ0n) is 6.90. The van der Waals surface area contributed by atoms with Crippen LogP contribution in [0.4, 0.5) is 0 Å². The normalized spacial score (nSPS) is 11.6. The summed E-state index contributed by atoms with van der Waals surface area (Å²) in [6, 6.07) is 0. The van der Waals surface area contributed by atoms with Gasteiger partial charge in [0.2, 0.25) is 0 Å². The van der Waals surface area contributed by atoms with E-state index in [0.717, 1.165) is 0 Å². The van der Waals surface area contributed by atoms with Crippen LogP contribution in [0.5, 0.6) is 0 Å². The minimum atomic E-state index is -0.310. The first-order chi connectivity index (χ1) is 4.45. The Hall–Kier alpha value is 0.200. The number of alkyl halides is 2. The molecule has 0 saturated carbocycles. The molecule has 0 rings (SSSR count). The summed E-state index contributed by atoms with van der Waals surface area (Å²) in [5, 5.41) is 0. The van der Waals surface area contributed by atoms with Crippen molar-refractivity contribution < 1.29 is 30.7 Å². The maximum atomic E-state index is 10.9. The van der Waals surface area contributed by atoms with Gasteiger partial charge in [-0.25, -0.2) is 0 Å². The fraction of sp³-hybridized carbons (Fsp3) is 0.857. The third-order valence-corrected chi connectivity index (χ3v) is 2.05. The molecule has 0 N–H and O–H groups in total. The molecule has 0 bridgehead atoms. The molecule has 0 radical (unpaired) electrons. The molecule has 0 saturated heterocycles. The Kier molecular flexibility index (Phi) is 4.24. The topological polar surface area (TPSA) is 26.3 Å². The first kappa shape index (κ1) is 10.2. The summed E-state index contributed by atoms with van der Waals surface area (Å²) in [6.07, 6.45) is 0. The summed E-state index contributed by atoms with van der Waals surface area (Å²) in [4.78, 5) is 12.9. The van der Waals surface area contributed by atoms with Crippen LogP contribution in [-0.4, -0.2) is 20.9 Å². The zero-order valence-corrected chi connectivity index (χ0v) is 9.06. The average Bonchev–Trinajstić information content (AvgIpc) is 1.59. The van der Waals surface area contributed by atoms with Gasteiger partial charge in [-0.3, -0.25) is 0 Å². The summed E-state index contributed by atoms with van der Waals surface area (Å²) < 4.78 is 5.70. The predicted molar refractivity (Wildman–Crippen MR) is 36.6 cm³/mol. The van der Waals surface area contributed by atoms with Crippen LogP contribution in [0.3, 0.4) is 0 Å². The van der Waals surface area contributed by atoms with Crippen molar-refractivity contribution in [1.82, 2.24) is 0 Å². The number of halogens is 1. The van der Waals surface area contributed by atoms with Crippen molar-refractivity contribution in [2.75, 3.05) is 9.36 Å². The van der Waals surface area contributed by atoms with Gasteiger partial charge < -0.3 is 0 Å². The molecule has 62 valence electrons. The first-order valence-electron chi connectivity index (χ1n) is 3.11. The molecule has 10 heavy (non-hydrogen) atoms. The summed E-state index contributed by atoms with van der Waals surface area (Å²) >= 11 is 0.0379. The van der Waals surface area contributed by atoms with Crippen LogP contribution >= 0.6 is 0 Å². The summed E-state index contributed by atoms with van der Waals surface area (Å²) in [6.45, 7) is 5.66. The predicted octanol–water partition coefficient (Wildman–Crippen LogP) is -1.95. The monoisotopic (exact) mass is 257 g/mol. The number of hydrogen-bond acceptors (Lipinski definition) is 2. The fourth-order valence-corrected chi connectivity index (χ4v) is 1.26. The summed E-state index contributed by atoms with van der Waals surface area (Å²) in [5.41, 5.74) is -0.310. The summed E-state index contributed by atoms with van der Waals surface area (Å²) in [5.74, 6) is -0.0530. The number of carbonyl (C=O) groups is 1. The molecule has 0 fully saturated rings. The minimum absolute atomic E-state index is 0.0379. The Morgan fingerprint density at radius 2 is 2.00 bits per heavy atom. The van der Waals surface area contributed by atoms with Gasteiger partial charge in [0.25, 0.3) is 0 Å². The molecule has 0 unspecified atom stereocenters. The van der Waals surface area contributed by atoms with E-state index in [1.807, 2.05) is 20.8 Å². The number of carbonyl (C=O) groups excluding carboxylic acids is 1. The molecule has 0 aliphatic rings. The second-order valence-corrected chi connectivity index (χ2v) is 5.28. The molecule has 0 spiro atoms. The van der Waals surface area contributed by atoms with Crippen molar-refractivity contribution in [2.24, 2.45) is 0 Å². The van der Waals surface area contributed by atoms with Crippen LogP contribution in [0.25, 0.3) is 0 Å². The van der Waals surface area contributed by atoms with Crippen molar-refractivity contribution in [3.8, 4) is 0 Å². The van der Waals surface area contributed by atoms with E-state index in [4.69, 9.17) is 4.74 Å². The molecule has 2 nitrogen and oxygen atoms in total.